The van der Waals surface area contributed by atoms with E-state index in [-0.39, 0.29) is 16.6 Å². The Hall–Kier alpha value is -1.26. The Morgan fingerprint density at radius 2 is 1.68 bits per heavy atom. The zero-order valence-corrected chi connectivity index (χ0v) is 17.8. The molecule has 0 aliphatic carbocycles. The molecule has 25 heavy (non-hydrogen) atoms. The topological polar surface area (TPSA) is 60.8 Å². The number of nitrogens with zero attached hydrogens (tertiary/aromatic N) is 2. The van der Waals surface area contributed by atoms with Gasteiger partial charge in [-0.2, -0.15) is 0 Å². The second-order valence-corrected chi connectivity index (χ2v) is 9.66. The van der Waals surface area contributed by atoms with Crippen LogP contribution in [0.25, 0.3) is 0 Å². The van der Waals surface area contributed by atoms with Crippen molar-refractivity contribution in [3.8, 4) is 0 Å². The summed E-state index contributed by atoms with van der Waals surface area (Å²) in [6.07, 6.45) is 7.36. The molecule has 0 fully saturated rings. The molecule has 0 atom stereocenters. The van der Waals surface area contributed by atoms with Gasteiger partial charge in [-0.3, -0.25) is 10.3 Å². The highest BCUT2D eigenvalue weighted by atomic mass is 15.4. The summed E-state index contributed by atoms with van der Waals surface area (Å²) in [5.41, 5.74) is -0.135. The van der Waals surface area contributed by atoms with E-state index in [4.69, 9.17) is 9.98 Å². The first-order valence-electron chi connectivity index (χ1n) is 9.90. The van der Waals surface area contributed by atoms with Crippen LogP contribution in [0.1, 0.15) is 93.9 Å². The molecule has 0 unspecified atom stereocenters. The molecule has 1 aliphatic rings. The molecule has 1 heterocycles. The number of nitrogens with one attached hydrogen (secondary N) is 3. The van der Waals surface area contributed by atoms with Gasteiger partial charge in [0.15, 0.2) is 5.96 Å². The summed E-state index contributed by atoms with van der Waals surface area (Å²) in [7, 11) is 0. The lowest BCUT2D eigenvalue weighted by Crippen LogP contribution is -2.62. The quantitative estimate of drug-likeness (QED) is 0.568. The molecule has 0 aromatic carbocycles. The van der Waals surface area contributed by atoms with Crippen LogP contribution in [0, 0.1) is 5.41 Å². The first-order valence-corrected chi connectivity index (χ1v) is 9.90. The number of hydrogen-bond acceptors (Lipinski definition) is 3. The minimum atomic E-state index is -0.355. The van der Waals surface area contributed by atoms with Crippen LogP contribution in [0.5, 0.6) is 0 Å². The van der Waals surface area contributed by atoms with Gasteiger partial charge in [-0.15, -0.1) is 0 Å². The van der Waals surface area contributed by atoms with E-state index in [2.05, 4.69) is 71.3 Å². The van der Waals surface area contributed by atoms with Crippen molar-refractivity contribution >= 4 is 11.9 Å². The maximum atomic E-state index is 4.75. The Morgan fingerprint density at radius 1 is 1.04 bits per heavy atom. The van der Waals surface area contributed by atoms with Gasteiger partial charge in [-0.25, -0.2) is 4.99 Å². The van der Waals surface area contributed by atoms with E-state index in [0.717, 1.165) is 31.3 Å². The van der Waals surface area contributed by atoms with Gasteiger partial charge in [0.1, 0.15) is 5.66 Å². The van der Waals surface area contributed by atoms with Crippen molar-refractivity contribution < 1.29 is 0 Å². The zero-order valence-electron chi connectivity index (χ0n) is 17.8. The largest absolute Gasteiger partial charge is 0.351 e. The minimum Gasteiger partial charge on any atom is -0.351 e. The van der Waals surface area contributed by atoms with Gasteiger partial charge in [-0.05, 0) is 46.0 Å². The summed E-state index contributed by atoms with van der Waals surface area (Å²) >= 11 is 0. The normalized spacial score (nSPS) is 19.2. The van der Waals surface area contributed by atoms with E-state index >= 15 is 0 Å². The molecule has 0 saturated heterocycles. The molecule has 0 radical (unpaired) electrons. The smallest absolute Gasteiger partial charge is 0.200 e. The minimum absolute atomic E-state index is 0.0389. The van der Waals surface area contributed by atoms with Gasteiger partial charge in [0.05, 0.1) is 0 Å². The third-order valence-corrected chi connectivity index (χ3v) is 4.01. The summed E-state index contributed by atoms with van der Waals surface area (Å²) in [6, 6.07) is 0. The second-order valence-electron chi connectivity index (χ2n) is 9.66. The Morgan fingerprint density at radius 3 is 2.28 bits per heavy atom. The maximum absolute atomic E-state index is 4.75. The number of guanidine groups is 2. The Bertz CT molecular complexity index is 469. The molecule has 3 N–H and O–H groups in total. The van der Waals surface area contributed by atoms with E-state index in [1.54, 1.807) is 0 Å². The maximum Gasteiger partial charge on any atom is 0.200 e. The van der Waals surface area contributed by atoms with Gasteiger partial charge < -0.3 is 10.6 Å². The molecular formula is C20H41N5. The Labute approximate surface area is 155 Å². The summed E-state index contributed by atoms with van der Waals surface area (Å²) < 4.78 is 0. The monoisotopic (exact) mass is 351 g/mol. The number of unbranched alkanes of at least 4 members (excludes halogenated alkanes) is 4. The van der Waals surface area contributed by atoms with Gasteiger partial charge in [0.2, 0.25) is 5.96 Å². The van der Waals surface area contributed by atoms with Gasteiger partial charge in [-0.1, -0.05) is 53.4 Å². The van der Waals surface area contributed by atoms with Crippen LogP contribution < -0.4 is 16.0 Å². The van der Waals surface area contributed by atoms with Crippen molar-refractivity contribution in [3.63, 3.8) is 0 Å². The SMILES string of the molecule is CCCCCCCN=C1NC(NC(C)(C)CC(C)(C)C)=NC(C)(C)N1. The highest BCUT2D eigenvalue weighted by Crippen LogP contribution is 2.26. The van der Waals surface area contributed by atoms with Crippen molar-refractivity contribution in [3.05, 3.63) is 0 Å². The lowest BCUT2D eigenvalue weighted by atomic mass is 9.82. The summed E-state index contributed by atoms with van der Waals surface area (Å²) in [5, 5.41) is 10.3. The number of hydrogen-bond donors (Lipinski definition) is 3. The van der Waals surface area contributed by atoms with E-state index in [9.17, 15) is 0 Å². The van der Waals surface area contributed by atoms with Gasteiger partial charge in [0, 0.05) is 12.1 Å². The standard InChI is InChI=1S/C20H41N5/c1-9-10-11-12-13-14-21-16-22-17(25-20(7,8)24-16)23-19(5,6)15-18(2,3)4/h9-15H2,1-8H3,(H3,21,22,23,24,25). The van der Waals surface area contributed by atoms with Crippen LogP contribution in [-0.2, 0) is 0 Å². The average Bonchev–Trinajstić information content (AvgIpc) is 2.37. The van der Waals surface area contributed by atoms with Gasteiger partial charge in [0.25, 0.3) is 0 Å². The van der Waals surface area contributed by atoms with Crippen molar-refractivity contribution in [2.24, 2.45) is 15.4 Å². The molecule has 146 valence electrons. The third kappa shape index (κ3) is 9.71. The summed E-state index contributed by atoms with van der Waals surface area (Å²) in [6.45, 7) is 18.5. The number of rotatable bonds is 8. The van der Waals surface area contributed by atoms with E-state index < -0.39 is 0 Å². The van der Waals surface area contributed by atoms with Gasteiger partial charge >= 0.3 is 0 Å². The predicted molar refractivity (Wildman–Crippen MR) is 110 cm³/mol. The molecule has 5 nitrogen and oxygen atoms in total. The number of aliphatic imine (C=N–C) groups is 2. The second kappa shape index (κ2) is 8.91. The van der Waals surface area contributed by atoms with Crippen LogP contribution in [0.3, 0.4) is 0 Å². The van der Waals surface area contributed by atoms with Crippen LogP contribution >= 0.6 is 0 Å². The highest BCUT2D eigenvalue weighted by Gasteiger charge is 2.30. The summed E-state index contributed by atoms with van der Waals surface area (Å²) in [4.78, 5) is 9.46. The lowest BCUT2D eigenvalue weighted by Gasteiger charge is -2.38. The van der Waals surface area contributed by atoms with Crippen LogP contribution in [0.4, 0.5) is 0 Å². The molecule has 0 saturated carbocycles. The van der Waals surface area contributed by atoms with Crippen molar-refractivity contribution in [2.45, 2.75) is 105 Å². The van der Waals surface area contributed by atoms with E-state index in [1.165, 1.54) is 25.7 Å². The van der Waals surface area contributed by atoms with Crippen LogP contribution in [0.15, 0.2) is 9.98 Å². The predicted octanol–water partition coefficient (Wildman–Crippen LogP) is 4.40. The molecule has 1 aliphatic heterocycles. The molecule has 0 aromatic rings. The first-order chi connectivity index (χ1) is 11.4. The molecular weight excluding hydrogens is 310 g/mol. The third-order valence-electron chi connectivity index (χ3n) is 4.01. The van der Waals surface area contributed by atoms with E-state index in [0.29, 0.717) is 0 Å². The van der Waals surface area contributed by atoms with Crippen LogP contribution in [-0.4, -0.2) is 29.7 Å². The molecule has 1 rings (SSSR count). The molecule has 0 spiro atoms. The molecule has 0 amide bonds. The fourth-order valence-corrected chi connectivity index (χ4v) is 3.50. The summed E-state index contributed by atoms with van der Waals surface area (Å²) in [5.74, 6) is 1.63. The highest BCUT2D eigenvalue weighted by molar-refractivity contribution is 6.01. The average molecular weight is 352 g/mol. The molecule has 0 aromatic heterocycles. The van der Waals surface area contributed by atoms with Crippen LogP contribution in [0.2, 0.25) is 0 Å². The van der Waals surface area contributed by atoms with Crippen molar-refractivity contribution in [1.29, 1.82) is 0 Å². The fraction of sp³-hybridized carbons (Fsp3) is 0.900. The Kier molecular flexibility index (Phi) is 7.76. The fourth-order valence-electron chi connectivity index (χ4n) is 3.50. The van der Waals surface area contributed by atoms with E-state index in [1.807, 2.05) is 0 Å². The first kappa shape index (κ1) is 21.8. The van der Waals surface area contributed by atoms with Crippen molar-refractivity contribution in [1.82, 2.24) is 16.0 Å². The molecule has 0 bridgehead atoms. The zero-order chi connectivity index (χ0) is 19.1. The Balaban J connectivity index is 2.64. The van der Waals surface area contributed by atoms with Crippen molar-refractivity contribution in [2.75, 3.05) is 6.54 Å². The molecule has 5 heteroatoms. The lowest BCUT2D eigenvalue weighted by molar-refractivity contribution is 0.264.